The predicted octanol–water partition coefficient (Wildman–Crippen LogP) is 0.949. The van der Waals surface area contributed by atoms with E-state index in [0.29, 0.717) is 17.5 Å². The van der Waals surface area contributed by atoms with Gasteiger partial charge in [0.1, 0.15) is 17.4 Å². The van der Waals surface area contributed by atoms with Crippen LogP contribution in [0.4, 0.5) is 0 Å². The molecule has 0 amide bonds. The van der Waals surface area contributed by atoms with Crippen LogP contribution in [0.1, 0.15) is 7.12 Å². The zero-order chi connectivity index (χ0) is 13.8. The fourth-order valence-electron chi connectivity index (χ4n) is 1.65. The summed E-state index contributed by atoms with van der Waals surface area (Å²) in [7, 11) is 0. The van der Waals surface area contributed by atoms with E-state index in [1.165, 1.54) is 6.20 Å². The molecule has 1 aromatic carbocycles. The monoisotopic (exact) mass is 327 g/mol. The second kappa shape index (κ2) is 7.87. The summed E-state index contributed by atoms with van der Waals surface area (Å²) in [6.07, 6.45) is 1.52. The second-order valence-electron chi connectivity index (χ2n) is 4.01. The molecule has 0 spiro atoms. The third kappa shape index (κ3) is 4.49. The molecule has 0 saturated carbocycles. The molecule has 2 heterocycles. The molecule has 0 radical (unpaired) electrons. The topological polar surface area (TPSA) is 47.9 Å². The van der Waals surface area contributed by atoms with Crippen LogP contribution in [0.5, 0.6) is 5.75 Å². The minimum Gasteiger partial charge on any atom is -1.00 e. The number of halogens is 1. The molecule has 0 aliphatic rings. The number of thiazole rings is 1. The van der Waals surface area contributed by atoms with E-state index >= 15 is 0 Å². The van der Waals surface area contributed by atoms with Crippen LogP contribution in [0.25, 0.3) is 10.6 Å². The third-order valence-corrected chi connectivity index (χ3v) is 3.68. The number of aromatic nitrogens is 3. The fraction of sp³-hybridized carbons (Fsp3) is 0.0714. The molecule has 102 valence electrons. The first-order valence-corrected chi connectivity index (χ1v) is 7.18. The summed E-state index contributed by atoms with van der Waals surface area (Å²) in [6.45, 7) is 0.380. The molecule has 7 heteroatoms. The smallest absolute Gasteiger partial charge is 1.00 e. The van der Waals surface area contributed by atoms with E-state index in [1.54, 1.807) is 17.4 Å². The molecule has 0 aliphatic heterocycles. The van der Waals surface area contributed by atoms with Crippen molar-refractivity contribution in [1.82, 2.24) is 15.2 Å². The van der Waals surface area contributed by atoms with Crippen molar-refractivity contribution >= 4 is 22.9 Å². The van der Waals surface area contributed by atoms with Crippen LogP contribution >= 0.6 is 22.9 Å². The molecule has 0 atom stereocenters. The molecular formula is C14H11ClN3NaOS. The summed E-state index contributed by atoms with van der Waals surface area (Å²) < 4.78 is 5.58. The van der Waals surface area contributed by atoms with Crippen molar-refractivity contribution in [3.63, 3.8) is 0 Å². The molecule has 3 aromatic rings. The van der Waals surface area contributed by atoms with Gasteiger partial charge >= 0.3 is 29.6 Å². The normalized spacial score (nSPS) is 9.95. The quantitative estimate of drug-likeness (QED) is 0.669. The predicted molar refractivity (Wildman–Crippen MR) is 80.0 cm³/mol. The van der Waals surface area contributed by atoms with Crippen LogP contribution in [-0.2, 0) is 6.61 Å². The van der Waals surface area contributed by atoms with Gasteiger partial charge in [0.2, 0.25) is 0 Å². The molecule has 0 bridgehead atoms. The number of hydrogen-bond acceptors (Lipinski definition) is 5. The zero-order valence-electron chi connectivity index (χ0n) is 12.4. The molecule has 0 aliphatic carbocycles. The van der Waals surface area contributed by atoms with Gasteiger partial charge in [-0.05, 0) is 0 Å². The Balaban J connectivity index is 0.00000121. The minimum absolute atomic E-state index is 0. The summed E-state index contributed by atoms with van der Waals surface area (Å²) in [5.74, 6) is 0.583. The van der Waals surface area contributed by atoms with Gasteiger partial charge in [-0.3, -0.25) is 0 Å². The summed E-state index contributed by atoms with van der Waals surface area (Å²) in [4.78, 5) is 4.54. The van der Waals surface area contributed by atoms with Crippen LogP contribution < -0.4 is 34.3 Å². The molecule has 0 unspecified atom stereocenters. The first-order valence-electron chi connectivity index (χ1n) is 5.92. The standard InChI is InChI=1S/C14H10ClN3OS.Na.H/c15-13-6-12(7-16-18-13)19-8-11-9-20-14(17-11)10-4-2-1-3-5-10;;/h1-7,9H,8H2;;/q;+1;-1. The molecule has 4 nitrogen and oxygen atoms in total. The second-order valence-corrected chi connectivity index (χ2v) is 5.26. The van der Waals surface area contributed by atoms with Gasteiger partial charge in [-0.2, -0.15) is 5.10 Å². The van der Waals surface area contributed by atoms with E-state index < -0.39 is 0 Å². The van der Waals surface area contributed by atoms with Gasteiger partial charge < -0.3 is 6.16 Å². The average Bonchev–Trinajstić information content (AvgIpc) is 2.95. The average molecular weight is 328 g/mol. The Hall–Kier alpha value is -0.980. The summed E-state index contributed by atoms with van der Waals surface area (Å²) in [6, 6.07) is 11.7. The molecule has 0 saturated heterocycles. The minimum atomic E-state index is 0. The SMILES string of the molecule is Clc1cc(OCc2csc(-c3ccccc3)n2)cnn1.[H-].[Na+]. The largest absolute Gasteiger partial charge is 1.00 e. The Kier molecular flexibility index (Phi) is 6.14. The molecule has 0 fully saturated rings. The Morgan fingerprint density at radius 2 is 2.05 bits per heavy atom. The molecular weight excluding hydrogens is 317 g/mol. The van der Waals surface area contributed by atoms with Crippen molar-refractivity contribution in [3.05, 3.63) is 58.8 Å². The summed E-state index contributed by atoms with van der Waals surface area (Å²) >= 11 is 7.34. The van der Waals surface area contributed by atoms with Crippen molar-refractivity contribution < 1.29 is 35.7 Å². The van der Waals surface area contributed by atoms with E-state index in [2.05, 4.69) is 15.2 Å². The van der Waals surface area contributed by atoms with Gasteiger partial charge in [0, 0.05) is 17.0 Å². The Bertz CT molecular complexity index is 714. The number of hydrogen-bond donors (Lipinski definition) is 0. The third-order valence-electron chi connectivity index (χ3n) is 2.56. The van der Waals surface area contributed by atoms with Gasteiger partial charge in [0.15, 0.2) is 5.15 Å². The van der Waals surface area contributed by atoms with E-state index in [-0.39, 0.29) is 31.0 Å². The van der Waals surface area contributed by atoms with Gasteiger partial charge in [-0.1, -0.05) is 41.9 Å². The van der Waals surface area contributed by atoms with Crippen molar-refractivity contribution in [2.75, 3.05) is 0 Å². The van der Waals surface area contributed by atoms with Crippen LogP contribution in [0, 0.1) is 0 Å². The Morgan fingerprint density at radius 3 is 2.81 bits per heavy atom. The zero-order valence-corrected chi connectivity index (χ0v) is 14.9. The van der Waals surface area contributed by atoms with Crippen molar-refractivity contribution in [2.45, 2.75) is 6.61 Å². The Morgan fingerprint density at radius 1 is 1.24 bits per heavy atom. The van der Waals surface area contributed by atoms with Gasteiger partial charge in [0.25, 0.3) is 0 Å². The first-order chi connectivity index (χ1) is 9.81. The maximum absolute atomic E-state index is 5.74. The van der Waals surface area contributed by atoms with E-state index in [9.17, 15) is 0 Å². The Labute approximate surface area is 154 Å². The van der Waals surface area contributed by atoms with Crippen LogP contribution in [0.15, 0.2) is 48.0 Å². The molecule has 3 rings (SSSR count). The van der Waals surface area contributed by atoms with E-state index in [4.69, 9.17) is 16.3 Å². The van der Waals surface area contributed by atoms with E-state index in [0.717, 1.165) is 16.3 Å². The summed E-state index contributed by atoms with van der Waals surface area (Å²) in [5, 5.41) is 10.7. The van der Waals surface area contributed by atoms with Crippen LogP contribution in [0.2, 0.25) is 5.15 Å². The van der Waals surface area contributed by atoms with Crippen molar-refractivity contribution in [1.29, 1.82) is 0 Å². The molecule has 21 heavy (non-hydrogen) atoms. The summed E-state index contributed by atoms with van der Waals surface area (Å²) in [5.41, 5.74) is 1.99. The van der Waals surface area contributed by atoms with Gasteiger partial charge in [-0.25, -0.2) is 4.98 Å². The number of rotatable bonds is 4. The number of nitrogens with zero attached hydrogens (tertiary/aromatic N) is 3. The van der Waals surface area contributed by atoms with Crippen molar-refractivity contribution in [2.24, 2.45) is 0 Å². The number of benzene rings is 1. The van der Waals surface area contributed by atoms with Gasteiger partial charge in [0.05, 0.1) is 11.9 Å². The van der Waals surface area contributed by atoms with Crippen molar-refractivity contribution in [3.8, 4) is 16.3 Å². The fourth-order valence-corrected chi connectivity index (χ4v) is 2.61. The molecule has 0 N–H and O–H groups in total. The van der Waals surface area contributed by atoms with E-state index in [1.807, 2.05) is 35.7 Å². The maximum Gasteiger partial charge on any atom is 1.00 e. The van der Waals surface area contributed by atoms with Crippen LogP contribution in [0.3, 0.4) is 0 Å². The van der Waals surface area contributed by atoms with Gasteiger partial charge in [-0.15, -0.1) is 16.4 Å². The molecule has 2 aromatic heterocycles. The van der Waals surface area contributed by atoms with Crippen LogP contribution in [-0.4, -0.2) is 15.2 Å². The maximum atomic E-state index is 5.74. The number of ether oxygens (including phenoxy) is 1. The first kappa shape index (κ1) is 16.4.